The summed E-state index contributed by atoms with van der Waals surface area (Å²) < 4.78 is 13.6. The van der Waals surface area contributed by atoms with Gasteiger partial charge in [-0.1, -0.05) is 18.2 Å². The first-order valence-electron chi connectivity index (χ1n) is 8.14. The Labute approximate surface area is 147 Å². The maximum absolute atomic E-state index is 13.6. The number of carbonyl (C=O) groups is 2. The van der Waals surface area contributed by atoms with E-state index in [1.165, 1.54) is 6.07 Å². The van der Waals surface area contributed by atoms with Crippen molar-refractivity contribution in [1.82, 2.24) is 10.6 Å². The predicted molar refractivity (Wildman–Crippen MR) is 92.8 cm³/mol. The molecule has 25 heavy (non-hydrogen) atoms. The van der Waals surface area contributed by atoms with Crippen LogP contribution < -0.4 is 10.6 Å². The highest BCUT2D eigenvalue weighted by Gasteiger charge is 2.37. The van der Waals surface area contributed by atoms with Gasteiger partial charge in [0.25, 0.3) is 0 Å². The molecular formula is C18H27FN2O4. The third-order valence-corrected chi connectivity index (χ3v) is 3.91. The van der Waals surface area contributed by atoms with E-state index in [2.05, 4.69) is 38.3 Å². The van der Waals surface area contributed by atoms with Crippen molar-refractivity contribution in [3.8, 4) is 0 Å². The van der Waals surface area contributed by atoms with Gasteiger partial charge in [0, 0.05) is 29.2 Å². The maximum atomic E-state index is 13.6. The third kappa shape index (κ3) is 7.62. The van der Waals surface area contributed by atoms with E-state index in [1.54, 1.807) is 6.07 Å². The second-order valence-electron chi connectivity index (χ2n) is 7.58. The van der Waals surface area contributed by atoms with Gasteiger partial charge in [-0.3, -0.25) is 0 Å². The molecule has 4 N–H and O–H groups in total. The summed E-state index contributed by atoms with van der Waals surface area (Å²) in [5.41, 5.74) is 0.986. The molecule has 140 valence electrons. The SMILES string of the molecule is CC1(C)CC(NCc2ccccc2F)CC(C)(C)N1.O=C(O)C(=O)O. The largest absolute Gasteiger partial charge is 0.473 e. The third-order valence-electron chi connectivity index (χ3n) is 3.91. The molecule has 0 saturated carbocycles. The zero-order valence-corrected chi connectivity index (χ0v) is 15.1. The van der Waals surface area contributed by atoms with Gasteiger partial charge in [-0.2, -0.15) is 0 Å². The molecule has 0 aromatic heterocycles. The maximum Gasteiger partial charge on any atom is 0.414 e. The fourth-order valence-corrected chi connectivity index (χ4v) is 3.36. The lowest BCUT2D eigenvalue weighted by Crippen LogP contribution is -2.61. The lowest BCUT2D eigenvalue weighted by atomic mass is 9.79. The smallest absolute Gasteiger partial charge is 0.414 e. The molecule has 2 rings (SSSR count). The Balaban J connectivity index is 0.000000450. The van der Waals surface area contributed by atoms with E-state index in [4.69, 9.17) is 19.8 Å². The zero-order valence-electron chi connectivity index (χ0n) is 15.1. The molecule has 0 radical (unpaired) electrons. The van der Waals surface area contributed by atoms with Gasteiger partial charge in [-0.05, 0) is 46.6 Å². The average molecular weight is 354 g/mol. The Morgan fingerprint density at radius 2 is 1.60 bits per heavy atom. The Kier molecular flexibility index (Phi) is 7.07. The van der Waals surface area contributed by atoms with Crippen LogP contribution in [0.1, 0.15) is 46.1 Å². The number of hydrogen-bond donors (Lipinski definition) is 4. The lowest BCUT2D eigenvalue weighted by Gasteiger charge is -2.46. The molecular weight excluding hydrogens is 327 g/mol. The number of hydrogen-bond acceptors (Lipinski definition) is 4. The first-order valence-corrected chi connectivity index (χ1v) is 8.14. The second kappa shape index (κ2) is 8.40. The number of carboxylic acid groups (broad SMARTS) is 2. The molecule has 1 aliphatic rings. The molecule has 1 aromatic carbocycles. The molecule has 1 saturated heterocycles. The van der Waals surface area contributed by atoms with E-state index in [0.717, 1.165) is 18.4 Å². The van der Waals surface area contributed by atoms with Crippen molar-refractivity contribution >= 4 is 11.9 Å². The minimum Gasteiger partial charge on any atom is -0.473 e. The summed E-state index contributed by atoms with van der Waals surface area (Å²) in [6, 6.07) is 7.41. The van der Waals surface area contributed by atoms with Crippen molar-refractivity contribution in [2.45, 2.75) is 64.2 Å². The monoisotopic (exact) mass is 354 g/mol. The van der Waals surface area contributed by atoms with Crippen LogP contribution in [0.2, 0.25) is 0 Å². The molecule has 1 aromatic rings. The standard InChI is InChI=1S/C16H25FN2.C2H2O4/c1-15(2)9-13(10-16(3,4)19-15)18-11-12-7-5-6-8-14(12)17;3-1(4)2(5)6/h5-8,13,18-19H,9-11H2,1-4H3;(H,3,4)(H,5,6). The van der Waals surface area contributed by atoms with E-state index < -0.39 is 11.9 Å². The van der Waals surface area contributed by atoms with Crippen molar-refractivity contribution in [2.24, 2.45) is 0 Å². The summed E-state index contributed by atoms with van der Waals surface area (Å²) in [4.78, 5) is 18.2. The quantitative estimate of drug-likeness (QED) is 0.622. The van der Waals surface area contributed by atoms with Crippen molar-refractivity contribution in [1.29, 1.82) is 0 Å². The zero-order chi connectivity index (χ0) is 19.3. The van der Waals surface area contributed by atoms with Crippen LogP contribution in [0.5, 0.6) is 0 Å². The van der Waals surface area contributed by atoms with E-state index in [-0.39, 0.29) is 16.9 Å². The number of piperidine rings is 1. The molecule has 6 nitrogen and oxygen atoms in total. The Morgan fingerprint density at radius 1 is 1.12 bits per heavy atom. The lowest BCUT2D eigenvalue weighted by molar-refractivity contribution is -0.159. The summed E-state index contributed by atoms with van der Waals surface area (Å²) >= 11 is 0. The van der Waals surface area contributed by atoms with Crippen molar-refractivity contribution in [3.63, 3.8) is 0 Å². The number of rotatable bonds is 3. The molecule has 0 aliphatic carbocycles. The second-order valence-corrected chi connectivity index (χ2v) is 7.58. The van der Waals surface area contributed by atoms with Gasteiger partial charge in [0.2, 0.25) is 0 Å². The molecule has 1 heterocycles. The van der Waals surface area contributed by atoms with Crippen LogP contribution in [-0.2, 0) is 16.1 Å². The summed E-state index contributed by atoms with van der Waals surface area (Å²) in [5, 5.41) is 21.9. The van der Waals surface area contributed by atoms with Crippen LogP contribution in [0.15, 0.2) is 24.3 Å². The van der Waals surface area contributed by atoms with E-state index in [9.17, 15) is 4.39 Å². The van der Waals surface area contributed by atoms with Crippen LogP contribution >= 0.6 is 0 Å². The topological polar surface area (TPSA) is 98.7 Å². The Morgan fingerprint density at radius 3 is 2.04 bits per heavy atom. The minimum absolute atomic E-state index is 0.120. The minimum atomic E-state index is -1.82. The van der Waals surface area contributed by atoms with Gasteiger partial charge < -0.3 is 20.8 Å². The summed E-state index contributed by atoms with van der Waals surface area (Å²) in [5.74, 6) is -3.77. The Hall–Kier alpha value is -1.99. The number of nitrogens with one attached hydrogen (secondary N) is 2. The highest BCUT2D eigenvalue weighted by atomic mass is 19.1. The van der Waals surface area contributed by atoms with Crippen LogP contribution in [0.4, 0.5) is 4.39 Å². The fourth-order valence-electron chi connectivity index (χ4n) is 3.36. The summed E-state index contributed by atoms with van der Waals surface area (Å²) in [7, 11) is 0. The molecule has 0 atom stereocenters. The number of aliphatic carboxylic acids is 2. The summed E-state index contributed by atoms with van der Waals surface area (Å²) in [6.45, 7) is 9.51. The van der Waals surface area contributed by atoms with Gasteiger partial charge in [0.15, 0.2) is 0 Å². The number of benzene rings is 1. The van der Waals surface area contributed by atoms with Crippen LogP contribution in [0.3, 0.4) is 0 Å². The molecule has 0 unspecified atom stereocenters. The molecule has 1 fully saturated rings. The van der Waals surface area contributed by atoms with Gasteiger partial charge in [-0.15, -0.1) is 0 Å². The molecule has 7 heteroatoms. The van der Waals surface area contributed by atoms with E-state index in [1.807, 2.05) is 12.1 Å². The number of halogens is 1. The van der Waals surface area contributed by atoms with Crippen LogP contribution in [-0.4, -0.2) is 39.3 Å². The first-order chi connectivity index (χ1) is 11.4. The Bertz CT molecular complexity index is 589. The number of carboxylic acids is 2. The fraction of sp³-hybridized carbons (Fsp3) is 0.556. The van der Waals surface area contributed by atoms with Gasteiger partial charge in [-0.25, -0.2) is 14.0 Å². The first kappa shape index (κ1) is 21.1. The summed E-state index contributed by atoms with van der Waals surface area (Å²) in [6.07, 6.45) is 2.12. The molecule has 0 spiro atoms. The van der Waals surface area contributed by atoms with Gasteiger partial charge in [0.1, 0.15) is 5.82 Å². The van der Waals surface area contributed by atoms with E-state index >= 15 is 0 Å². The molecule has 1 aliphatic heterocycles. The van der Waals surface area contributed by atoms with Crippen molar-refractivity contribution < 1.29 is 24.2 Å². The van der Waals surface area contributed by atoms with Crippen LogP contribution in [0.25, 0.3) is 0 Å². The predicted octanol–water partition coefficient (Wildman–Crippen LogP) is 2.38. The molecule has 0 amide bonds. The van der Waals surface area contributed by atoms with Gasteiger partial charge >= 0.3 is 11.9 Å². The van der Waals surface area contributed by atoms with E-state index in [0.29, 0.717) is 12.6 Å². The van der Waals surface area contributed by atoms with Crippen molar-refractivity contribution in [2.75, 3.05) is 0 Å². The van der Waals surface area contributed by atoms with Crippen LogP contribution in [0, 0.1) is 5.82 Å². The van der Waals surface area contributed by atoms with Crippen molar-refractivity contribution in [3.05, 3.63) is 35.6 Å². The highest BCUT2D eigenvalue weighted by molar-refractivity contribution is 6.27. The average Bonchev–Trinajstić information content (AvgIpc) is 2.43. The molecule has 0 bridgehead atoms. The van der Waals surface area contributed by atoms with Gasteiger partial charge in [0.05, 0.1) is 0 Å². The highest BCUT2D eigenvalue weighted by Crippen LogP contribution is 2.28. The normalized spacial score (nSPS) is 18.8.